The maximum Gasteiger partial charge on any atom is 0.302 e. The van der Waals surface area contributed by atoms with Gasteiger partial charge in [-0.3, -0.25) is 4.79 Å². The zero-order valence-electron chi connectivity index (χ0n) is 13.1. The molecule has 2 aromatic carbocycles. The Morgan fingerprint density at radius 3 is 2.09 bits per heavy atom. The molecule has 0 aromatic heterocycles. The minimum absolute atomic E-state index is 0.234. The summed E-state index contributed by atoms with van der Waals surface area (Å²) in [6, 6.07) is 12.1. The molecule has 4 nitrogen and oxygen atoms in total. The topological polar surface area (TPSA) is 44.8 Å². The molecule has 2 aromatic rings. The van der Waals surface area contributed by atoms with Crippen molar-refractivity contribution in [2.45, 2.75) is 26.7 Å². The number of benzene rings is 2. The van der Waals surface area contributed by atoms with Crippen molar-refractivity contribution in [2.24, 2.45) is 0 Å². The lowest BCUT2D eigenvalue weighted by Gasteiger charge is -2.09. The molecule has 0 aliphatic heterocycles. The van der Waals surface area contributed by atoms with E-state index in [0.29, 0.717) is 19.8 Å². The number of esters is 1. The van der Waals surface area contributed by atoms with Gasteiger partial charge < -0.3 is 14.2 Å². The molecule has 4 heteroatoms. The van der Waals surface area contributed by atoms with E-state index in [1.165, 1.54) is 6.92 Å². The van der Waals surface area contributed by atoms with E-state index in [4.69, 9.17) is 14.2 Å². The van der Waals surface area contributed by atoms with Crippen molar-refractivity contribution >= 4 is 16.7 Å². The van der Waals surface area contributed by atoms with Gasteiger partial charge in [0.1, 0.15) is 11.5 Å². The Morgan fingerprint density at radius 1 is 0.909 bits per heavy atom. The van der Waals surface area contributed by atoms with Gasteiger partial charge in [-0.25, -0.2) is 0 Å². The summed E-state index contributed by atoms with van der Waals surface area (Å²) < 4.78 is 16.1. The highest BCUT2D eigenvalue weighted by Crippen LogP contribution is 2.25. The summed E-state index contributed by atoms with van der Waals surface area (Å²) in [6.45, 7) is 5.13. The molecule has 0 spiro atoms. The van der Waals surface area contributed by atoms with Crippen molar-refractivity contribution in [1.29, 1.82) is 0 Å². The summed E-state index contributed by atoms with van der Waals surface area (Å²) in [5.74, 6) is 1.50. The van der Waals surface area contributed by atoms with Gasteiger partial charge in [0.2, 0.25) is 0 Å². The average molecular weight is 302 g/mol. The maximum atomic E-state index is 10.6. The Morgan fingerprint density at radius 2 is 1.50 bits per heavy atom. The van der Waals surface area contributed by atoms with Gasteiger partial charge in [-0.15, -0.1) is 0 Å². The van der Waals surface area contributed by atoms with Gasteiger partial charge in [-0.2, -0.15) is 0 Å². The van der Waals surface area contributed by atoms with Crippen LogP contribution in [0.5, 0.6) is 11.5 Å². The molecular formula is C18H22O4. The molecule has 0 N–H and O–H groups in total. The number of ether oxygens (including phenoxy) is 3. The zero-order valence-corrected chi connectivity index (χ0v) is 13.1. The van der Waals surface area contributed by atoms with Crippen LogP contribution in [0, 0.1) is 0 Å². The maximum absolute atomic E-state index is 10.6. The fraction of sp³-hybridized carbons (Fsp3) is 0.389. The molecule has 22 heavy (non-hydrogen) atoms. The molecule has 0 fully saturated rings. The van der Waals surface area contributed by atoms with Crippen LogP contribution in [0.4, 0.5) is 0 Å². The molecule has 0 saturated heterocycles. The molecule has 0 saturated carbocycles. The highest BCUT2D eigenvalue weighted by atomic mass is 16.5. The second kappa shape index (κ2) is 8.27. The summed E-state index contributed by atoms with van der Waals surface area (Å²) in [4.78, 5) is 10.6. The van der Waals surface area contributed by atoms with Gasteiger partial charge in [0.15, 0.2) is 0 Å². The predicted octanol–water partition coefficient (Wildman–Crippen LogP) is 3.96. The van der Waals surface area contributed by atoms with E-state index < -0.39 is 0 Å². The summed E-state index contributed by atoms with van der Waals surface area (Å²) in [5, 5.41) is 2.26. The van der Waals surface area contributed by atoms with Crippen LogP contribution in [-0.4, -0.2) is 25.8 Å². The lowest BCUT2D eigenvalue weighted by molar-refractivity contribution is -0.141. The number of hydrogen-bond acceptors (Lipinski definition) is 4. The minimum Gasteiger partial charge on any atom is -0.494 e. The Labute approximate surface area is 131 Å². The fourth-order valence-electron chi connectivity index (χ4n) is 2.16. The molecule has 0 radical (unpaired) electrons. The number of hydrogen-bond donors (Lipinski definition) is 0. The number of carbonyl (C=O) groups is 1. The quantitative estimate of drug-likeness (QED) is 0.547. The van der Waals surface area contributed by atoms with Crippen LogP contribution in [0.25, 0.3) is 10.8 Å². The van der Waals surface area contributed by atoms with Crippen LogP contribution < -0.4 is 9.47 Å². The first kappa shape index (κ1) is 16.1. The van der Waals surface area contributed by atoms with E-state index in [-0.39, 0.29) is 5.97 Å². The molecule has 2 rings (SSSR count). The molecule has 118 valence electrons. The molecule has 0 atom stereocenters. The van der Waals surface area contributed by atoms with Crippen LogP contribution in [-0.2, 0) is 9.53 Å². The van der Waals surface area contributed by atoms with Gasteiger partial charge in [0.05, 0.1) is 19.8 Å². The normalized spacial score (nSPS) is 10.5. The molecule has 0 aliphatic carbocycles. The highest BCUT2D eigenvalue weighted by Gasteiger charge is 2.00. The molecule has 0 heterocycles. The molecule has 0 unspecified atom stereocenters. The minimum atomic E-state index is -0.234. The van der Waals surface area contributed by atoms with Crippen molar-refractivity contribution < 1.29 is 19.0 Å². The van der Waals surface area contributed by atoms with Gasteiger partial charge in [-0.1, -0.05) is 12.1 Å². The summed E-state index contributed by atoms with van der Waals surface area (Å²) >= 11 is 0. The van der Waals surface area contributed by atoms with Gasteiger partial charge in [0, 0.05) is 6.92 Å². The third-order valence-corrected chi connectivity index (χ3v) is 3.21. The first-order chi connectivity index (χ1) is 10.7. The molecule has 0 amide bonds. The highest BCUT2D eigenvalue weighted by molar-refractivity contribution is 5.85. The SMILES string of the molecule is CCOc1ccc2cc(OCCCCOC(C)=O)ccc2c1. The van der Waals surface area contributed by atoms with E-state index in [1.807, 2.05) is 43.3 Å². The van der Waals surface area contributed by atoms with Crippen molar-refractivity contribution in [3.63, 3.8) is 0 Å². The fourth-order valence-corrected chi connectivity index (χ4v) is 2.16. The van der Waals surface area contributed by atoms with E-state index in [1.54, 1.807) is 0 Å². The number of unbranched alkanes of at least 4 members (excludes halogenated alkanes) is 1. The lowest BCUT2D eigenvalue weighted by Crippen LogP contribution is -2.03. The van der Waals surface area contributed by atoms with Crippen LogP contribution in [0.15, 0.2) is 36.4 Å². The smallest absolute Gasteiger partial charge is 0.302 e. The molecule has 0 aliphatic rings. The second-order valence-corrected chi connectivity index (χ2v) is 5.00. The van der Waals surface area contributed by atoms with Gasteiger partial charge >= 0.3 is 5.97 Å². The van der Waals surface area contributed by atoms with Crippen LogP contribution in [0.2, 0.25) is 0 Å². The van der Waals surface area contributed by atoms with Crippen molar-refractivity contribution in [2.75, 3.05) is 19.8 Å². The Hall–Kier alpha value is -2.23. The number of fused-ring (bicyclic) bond motifs is 1. The van der Waals surface area contributed by atoms with Crippen molar-refractivity contribution in [3.8, 4) is 11.5 Å². The summed E-state index contributed by atoms with van der Waals surface area (Å²) in [6.07, 6.45) is 1.67. The Balaban J connectivity index is 1.84. The summed E-state index contributed by atoms with van der Waals surface area (Å²) in [7, 11) is 0. The van der Waals surface area contributed by atoms with Crippen LogP contribution in [0.3, 0.4) is 0 Å². The predicted molar refractivity (Wildman–Crippen MR) is 86.5 cm³/mol. The zero-order chi connectivity index (χ0) is 15.8. The van der Waals surface area contributed by atoms with Crippen LogP contribution >= 0.6 is 0 Å². The Bertz CT molecular complexity index is 622. The molecule has 0 bridgehead atoms. The van der Waals surface area contributed by atoms with E-state index in [2.05, 4.69) is 0 Å². The van der Waals surface area contributed by atoms with Crippen molar-refractivity contribution in [1.82, 2.24) is 0 Å². The number of carbonyl (C=O) groups excluding carboxylic acids is 1. The van der Waals surface area contributed by atoms with Gasteiger partial charge in [0.25, 0.3) is 0 Å². The van der Waals surface area contributed by atoms with E-state index >= 15 is 0 Å². The van der Waals surface area contributed by atoms with Gasteiger partial charge in [-0.05, 0) is 54.8 Å². The van der Waals surface area contributed by atoms with E-state index in [9.17, 15) is 4.79 Å². The largest absolute Gasteiger partial charge is 0.494 e. The third-order valence-electron chi connectivity index (χ3n) is 3.21. The first-order valence-electron chi connectivity index (χ1n) is 7.62. The third kappa shape index (κ3) is 4.95. The summed E-state index contributed by atoms with van der Waals surface area (Å²) in [5.41, 5.74) is 0. The van der Waals surface area contributed by atoms with Crippen molar-refractivity contribution in [3.05, 3.63) is 36.4 Å². The monoisotopic (exact) mass is 302 g/mol. The standard InChI is InChI=1S/C18H22O4/c1-3-20-17-8-6-16-13-18(9-7-15(16)12-17)22-11-5-4-10-21-14(2)19/h6-9,12-13H,3-5,10-11H2,1-2H3. The average Bonchev–Trinajstić information content (AvgIpc) is 2.51. The van der Waals surface area contributed by atoms with Crippen LogP contribution in [0.1, 0.15) is 26.7 Å². The molecular weight excluding hydrogens is 280 g/mol. The number of rotatable bonds is 8. The lowest BCUT2D eigenvalue weighted by atomic mass is 10.1. The Kier molecular flexibility index (Phi) is 6.07. The first-order valence-corrected chi connectivity index (χ1v) is 7.62. The van der Waals surface area contributed by atoms with E-state index in [0.717, 1.165) is 35.1 Å². The second-order valence-electron chi connectivity index (χ2n) is 5.00.